The minimum Gasteiger partial charge on any atom is -0.352 e. The Labute approximate surface area is 157 Å². The first-order valence-electron chi connectivity index (χ1n) is 8.82. The maximum absolute atomic E-state index is 13.5. The van der Waals surface area contributed by atoms with Gasteiger partial charge in [0.05, 0.1) is 0 Å². The van der Waals surface area contributed by atoms with Crippen LogP contribution in [0.3, 0.4) is 0 Å². The predicted octanol–water partition coefficient (Wildman–Crippen LogP) is 4.77. The van der Waals surface area contributed by atoms with E-state index in [2.05, 4.69) is 5.32 Å². The van der Waals surface area contributed by atoms with E-state index in [4.69, 9.17) is 0 Å². The van der Waals surface area contributed by atoms with Crippen LogP contribution in [-0.4, -0.2) is 11.7 Å². The second-order valence-corrected chi connectivity index (χ2v) is 6.23. The molecule has 0 aliphatic carbocycles. The Morgan fingerprint density at radius 3 is 2.07 bits per heavy atom. The van der Waals surface area contributed by atoms with Crippen molar-refractivity contribution in [3.63, 3.8) is 0 Å². The van der Waals surface area contributed by atoms with Gasteiger partial charge in [-0.25, -0.2) is 4.39 Å². The van der Waals surface area contributed by atoms with E-state index in [0.29, 0.717) is 11.1 Å². The third-order valence-corrected chi connectivity index (χ3v) is 4.33. The molecule has 4 heteroatoms. The molecule has 0 aliphatic heterocycles. The molecule has 3 aromatic carbocycles. The summed E-state index contributed by atoms with van der Waals surface area (Å²) < 4.78 is 13.5. The number of halogens is 1. The van der Waals surface area contributed by atoms with E-state index in [-0.39, 0.29) is 36.9 Å². The molecular formula is C23H20FNO2. The summed E-state index contributed by atoms with van der Waals surface area (Å²) in [4.78, 5) is 24.2. The zero-order valence-corrected chi connectivity index (χ0v) is 14.8. The minimum atomic E-state index is -0.354. The van der Waals surface area contributed by atoms with Crippen molar-refractivity contribution >= 4 is 11.7 Å². The highest BCUT2D eigenvalue weighted by molar-refractivity contribution is 5.98. The maximum atomic E-state index is 13.5. The first kappa shape index (κ1) is 18.5. The van der Waals surface area contributed by atoms with Gasteiger partial charge in [-0.05, 0) is 17.2 Å². The quantitative estimate of drug-likeness (QED) is 0.616. The Bertz CT molecular complexity index is 921. The normalized spacial score (nSPS) is 10.4. The van der Waals surface area contributed by atoms with Gasteiger partial charge in [-0.2, -0.15) is 0 Å². The van der Waals surface area contributed by atoms with Gasteiger partial charge in [0.25, 0.3) is 0 Å². The number of rotatable bonds is 7. The number of ketones is 1. The van der Waals surface area contributed by atoms with Crippen molar-refractivity contribution in [2.45, 2.75) is 19.4 Å². The number of hydrogen-bond donors (Lipinski definition) is 1. The van der Waals surface area contributed by atoms with Crippen LogP contribution >= 0.6 is 0 Å². The summed E-state index contributed by atoms with van der Waals surface area (Å²) in [6.45, 7) is 0.117. The molecule has 0 spiro atoms. The smallest absolute Gasteiger partial charge is 0.220 e. The van der Waals surface area contributed by atoms with E-state index in [0.717, 1.165) is 11.1 Å². The van der Waals surface area contributed by atoms with Crippen molar-refractivity contribution in [3.05, 3.63) is 95.8 Å². The number of carbonyl (C=O) groups excluding carboxylic acids is 2. The highest BCUT2D eigenvalue weighted by Crippen LogP contribution is 2.20. The van der Waals surface area contributed by atoms with Gasteiger partial charge < -0.3 is 5.32 Å². The summed E-state index contributed by atoms with van der Waals surface area (Å²) in [6, 6.07) is 23.6. The van der Waals surface area contributed by atoms with Crippen LogP contribution < -0.4 is 5.32 Å². The number of carbonyl (C=O) groups is 2. The first-order chi connectivity index (χ1) is 13.1. The second kappa shape index (κ2) is 8.90. The van der Waals surface area contributed by atoms with Gasteiger partial charge in [0.15, 0.2) is 5.78 Å². The number of amides is 1. The van der Waals surface area contributed by atoms with E-state index in [1.807, 2.05) is 42.5 Å². The molecule has 3 rings (SSSR count). The minimum absolute atomic E-state index is 0.0771. The third-order valence-electron chi connectivity index (χ3n) is 4.33. The van der Waals surface area contributed by atoms with Crippen molar-refractivity contribution in [2.75, 3.05) is 0 Å². The van der Waals surface area contributed by atoms with Gasteiger partial charge in [-0.15, -0.1) is 0 Å². The standard InChI is InChI=1S/C23H20FNO2/c24-21-9-5-4-8-20(21)16-25-23(27)15-14-22(26)19-12-10-18(11-13-19)17-6-2-1-3-7-17/h1-13H,14-16H2,(H,25,27). The number of hydrogen-bond acceptors (Lipinski definition) is 2. The fourth-order valence-corrected chi connectivity index (χ4v) is 2.77. The lowest BCUT2D eigenvalue weighted by molar-refractivity contribution is -0.121. The predicted molar refractivity (Wildman–Crippen MR) is 104 cm³/mol. The lowest BCUT2D eigenvalue weighted by atomic mass is 10.0. The SMILES string of the molecule is O=C(CCC(=O)c1ccc(-c2ccccc2)cc1)NCc1ccccc1F. The third kappa shape index (κ3) is 5.11. The van der Waals surface area contributed by atoms with Crippen molar-refractivity contribution in [2.24, 2.45) is 0 Å². The largest absolute Gasteiger partial charge is 0.352 e. The number of benzene rings is 3. The molecule has 0 atom stereocenters. The van der Waals surface area contributed by atoms with Crippen LogP contribution in [0.4, 0.5) is 4.39 Å². The zero-order valence-electron chi connectivity index (χ0n) is 14.8. The molecule has 1 amide bonds. The Balaban J connectivity index is 1.50. The molecule has 136 valence electrons. The average Bonchev–Trinajstić information content (AvgIpc) is 2.72. The molecule has 3 aromatic rings. The molecule has 3 nitrogen and oxygen atoms in total. The molecular weight excluding hydrogens is 341 g/mol. The monoisotopic (exact) mass is 361 g/mol. The molecule has 0 heterocycles. The van der Waals surface area contributed by atoms with Crippen LogP contribution in [-0.2, 0) is 11.3 Å². The second-order valence-electron chi connectivity index (χ2n) is 6.23. The van der Waals surface area contributed by atoms with Gasteiger partial charge in [0, 0.05) is 30.5 Å². The van der Waals surface area contributed by atoms with Crippen LogP contribution in [0.5, 0.6) is 0 Å². The average molecular weight is 361 g/mol. The van der Waals surface area contributed by atoms with Crippen LogP contribution in [0.25, 0.3) is 11.1 Å². The van der Waals surface area contributed by atoms with Gasteiger partial charge in [-0.3, -0.25) is 9.59 Å². The fourth-order valence-electron chi connectivity index (χ4n) is 2.77. The molecule has 0 unspecified atom stereocenters. The summed E-state index contributed by atoms with van der Waals surface area (Å²) in [5.41, 5.74) is 3.13. The molecule has 1 N–H and O–H groups in total. The van der Waals surface area contributed by atoms with E-state index in [1.54, 1.807) is 30.3 Å². The maximum Gasteiger partial charge on any atom is 0.220 e. The molecule has 0 fully saturated rings. The lowest BCUT2D eigenvalue weighted by Crippen LogP contribution is -2.23. The van der Waals surface area contributed by atoms with Crippen LogP contribution in [0.1, 0.15) is 28.8 Å². The fraction of sp³-hybridized carbons (Fsp3) is 0.130. The van der Waals surface area contributed by atoms with E-state index >= 15 is 0 Å². The van der Waals surface area contributed by atoms with E-state index in [9.17, 15) is 14.0 Å². The highest BCUT2D eigenvalue weighted by Gasteiger charge is 2.10. The zero-order chi connectivity index (χ0) is 19.1. The van der Waals surface area contributed by atoms with Crippen molar-refractivity contribution in [1.82, 2.24) is 5.32 Å². The number of nitrogens with one attached hydrogen (secondary N) is 1. The van der Waals surface area contributed by atoms with Gasteiger partial charge in [-0.1, -0.05) is 72.8 Å². The van der Waals surface area contributed by atoms with Gasteiger partial charge in [0.1, 0.15) is 5.82 Å². The van der Waals surface area contributed by atoms with Gasteiger partial charge >= 0.3 is 0 Å². The van der Waals surface area contributed by atoms with Crippen LogP contribution in [0, 0.1) is 5.82 Å². The van der Waals surface area contributed by atoms with Crippen LogP contribution in [0.15, 0.2) is 78.9 Å². The molecule has 27 heavy (non-hydrogen) atoms. The summed E-state index contributed by atoms with van der Waals surface area (Å²) in [6.07, 6.45) is 0.196. The van der Waals surface area contributed by atoms with E-state index in [1.165, 1.54) is 6.07 Å². The molecule has 0 bridgehead atoms. The topological polar surface area (TPSA) is 46.2 Å². The van der Waals surface area contributed by atoms with Crippen molar-refractivity contribution in [1.29, 1.82) is 0 Å². The first-order valence-corrected chi connectivity index (χ1v) is 8.82. The summed E-state index contributed by atoms with van der Waals surface area (Å²) in [5, 5.41) is 2.65. The van der Waals surface area contributed by atoms with Crippen molar-refractivity contribution in [3.8, 4) is 11.1 Å². The summed E-state index contributed by atoms with van der Waals surface area (Å²) >= 11 is 0. The Hall–Kier alpha value is -3.27. The Kier molecular flexibility index (Phi) is 6.10. The Morgan fingerprint density at radius 1 is 0.741 bits per heavy atom. The van der Waals surface area contributed by atoms with Crippen molar-refractivity contribution < 1.29 is 14.0 Å². The van der Waals surface area contributed by atoms with E-state index < -0.39 is 0 Å². The van der Waals surface area contributed by atoms with Crippen LogP contribution in [0.2, 0.25) is 0 Å². The summed E-state index contributed by atoms with van der Waals surface area (Å²) in [5.74, 6) is -0.712. The molecule has 0 radical (unpaired) electrons. The lowest BCUT2D eigenvalue weighted by Gasteiger charge is -2.07. The molecule has 0 aliphatic rings. The highest BCUT2D eigenvalue weighted by atomic mass is 19.1. The number of Topliss-reactive ketones (excluding diaryl/α,β-unsaturated/α-hetero) is 1. The Morgan fingerprint density at radius 2 is 1.37 bits per heavy atom. The molecule has 0 saturated heterocycles. The molecule has 0 aromatic heterocycles. The molecule has 0 saturated carbocycles. The summed E-state index contributed by atoms with van der Waals surface area (Å²) in [7, 11) is 0. The van der Waals surface area contributed by atoms with Gasteiger partial charge in [0.2, 0.25) is 5.91 Å².